The van der Waals surface area contributed by atoms with Crippen molar-refractivity contribution in [2.24, 2.45) is 7.05 Å². The molecule has 1 unspecified atom stereocenters. The van der Waals surface area contributed by atoms with Gasteiger partial charge in [-0.15, -0.1) is 11.8 Å². The van der Waals surface area contributed by atoms with Crippen molar-refractivity contribution in [3.8, 4) is 28.8 Å². The molecule has 8 aromatic rings. The molecule has 1 atom stereocenters. The van der Waals surface area contributed by atoms with Crippen molar-refractivity contribution in [3.63, 3.8) is 0 Å². The lowest BCUT2D eigenvalue weighted by Crippen LogP contribution is -2.51. The molecule has 1 saturated heterocycles. The number of para-hydroxylation sites is 3. The van der Waals surface area contributed by atoms with Crippen molar-refractivity contribution < 1.29 is 19.1 Å². The summed E-state index contributed by atoms with van der Waals surface area (Å²) in [5.41, 5.74) is 9.42. The zero-order valence-corrected chi connectivity index (χ0v) is 41.9. The van der Waals surface area contributed by atoms with Gasteiger partial charge >= 0.3 is 0 Å². The number of aromatic nitrogens is 6. The Bertz CT molecular complexity index is 3510. The molecule has 3 aromatic heterocycles. The number of ether oxygens (including phenoxy) is 1. The fourth-order valence-corrected chi connectivity index (χ4v) is 13.0. The number of rotatable bonds is 11. The Morgan fingerprint density at radius 2 is 1.07 bits per heavy atom. The van der Waals surface area contributed by atoms with Gasteiger partial charge < -0.3 is 14.5 Å². The zero-order chi connectivity index (χ0) is 49.8. The number of carbonyl (C=O) groups is 3. The Hall–Kier alpha value is -7.91. The zero-order valence-electron chi connectivity index (χ0n) is 41.0. The molecule has 14 nitrogen and oxygen atoms in total. The molecule has 4 aliphatic heterocycles. The Kier molecular flexibility index (Phi) is 10.6. The van der Waals surface area contributed by atoms with Gasteiger partial charge in [0.25, 0.3) is 11.5 Å². The van der Waals surface area contributed by atoms with Crippen molar-refractivity contribution in [1.82, 2.24) is 28.9 Å². The third-order valence-corrected chi connectivity index (χ3v) is 16.4. The van der Waals surface area contributed by atoms with E-state index in [9.17, 15) is 9.59 Å². The Balaban J connectivity index is 0.830. The minimum absolute atomic E-state index is 0.0603. The third-order valence-electron chi connectivity index (χ3n) is 15.0. The van der Waals surface area contributed by atoms with E-state index in [0.717, 1.165) is 57.8 Å². The van der Waals surface area contributed by atoms with Gasteiger partial charge in [-0.05, 0) is 96.0 Å². The van der Waals surface area contributed by atoms with Gasteiger partial charge in [0.1, 0.15) is 11.1 Å². The van der Waals surface area contributed by atoms with Crippen LogP contribution in [0.3, 0.4) is 0 Å². The first-order chi connectivity index (χ1) is 34.9. The molecule has 1 fully saturated rings. The van der Waals surface area contributed by atoms with Crippen LogP contribution in [0.2, 0.25) is 0 Å². The molecule has 362 valence electrons. The number of nitrogens with zero attached hydrogens (tertiary/aromatic N) is 9. The lowest BCUT2D eigenvalue weighted by molar-refractivity contribution is -0.123. The first-order valence-corrected chi connectivity index (χ1v) is 25.5. The van der Waals surface area contributed by atoms with E-state index in [1.54, 1.807) is 25.8 Å². The minimum atomic E-state index is -1.42. The monoisotopic (exact) mass is 975 g/mol. The van der Waals surface area contributed by atoms with Gasteiger partial charge in [-0.3, -0.25) is 28.8 Å². The van der Waals surface area contributed by atoms with Crippen LogP contribution in [0, 0.1) is 34.6 Å². The molecular formula is C57H53N9O5S. The first kappa shape index (κ1) is 45.2. The maximum Gasteiger partial charge on any atom is 0.295 e. The molecule has 3 amide bonds. The van der Waals surface area contributed by atoms with Crippen LogP contribution in [0.1, 0.15) is 76.1 Å². The smallest absolute Gasteiger partial charge is 0.295 e. The van der Waals surface area contributed by atoms with Crippen LogP contribution in [-0.2, 0) is 31.7 Å². The Labute approximate surface area is 421 Å². The molecule has 0 aliphatic carbocycles. The molecular weight excluding hydrogens is 923 g/mol. The maximum absolute atomic E-state index is 16.0. The van der Waals surface area contributed by atoms with E-state index >= 15 is 9.59 Å². The number of hydrogen-bond acceptors (Lipinski definition) is 8. The number of benzene rings is 5. The summed E-state index contributed by atoms with van der Waals surface area (Å²) in [6.07, 6.45) is 2.98. The topological polar surface area (TPSA) is 133 Å². The fraction of sp³-hybridized carbons (Fsp3) is 0.263. The van der Waals surface area contributed by atoms with Crippen LogP contribution in [0.4, 0.5) is 17.1 Å². The summed E-state index contributed by atoms with van der Waals surface area (Å²) in [5, 5.41) is 10.2. The minimum Gasteiger partial charge on any atom is -0.420 e. The highest BCUT2D eigenvalue weighted by Crippen LogP contribution is 2.61. The normalized spacial score (nSPS) is 17.3. The van der Waals surface area contributed by atoms with Crippen molar-refractivity contribution in [1.29, 1.82) is 0 Å². The van der Waals surface area contributed by atoms with Crippen molar-refractivity contribution >= 4 is 46.5 Å². The van der Waals surface area contributed by atoms with E-state index in [2.05, 4.69) is 25.1 Å². The van der Waals surface area contributed by atoms with Crippen molar-refractivity contribution in [2.75, 3.05) is 33.5 Å². The number of carbonyl (C=O) groups excluding carboxylic acids is 3. The van der Waals surface area contributed by atoms with Crippen LogP contribution in [0.25, 0.3) is 17.1 Å². The van der Waals surface area contributed by atoms with E-state index in [1.807, 2.05) is 147 Å². The van der Waals surface area contributed by atoms with Crippen molar-refractivity contribution in [2.45, 2.75) is 70.6 Å². The Morgan fingerprint density at radius 1 is 0.583 bits per heavy atom. The average molecular weight is 976 g/mol. The summed E-state index contributed by atoms with van der Waals surface area (Å²) < 4.78 is 13.9. The second-order valence-corrected chi connectivity index (χ2v) is 20.5. The SMILES string of the molecule is Cc1ccc2c(c1)C1(C(=O)N2CCCCCCN2C(=O)C3(SCC(=O)N3c3c(C)n(C)n(-c4ccccc4)c3=O)c3cc(C)ccc32)c2c(C)nn(-c3ccccc3)c2Oc2c1c(C)nn2-c1ccccc1. The van der Waals surface area contributed by atoms with Crippen LogP contribution >= 0.6 is 11.8 Å². The average Bonchev–Trinajstić information content (AvgIpc) is 4.18. The highest BCUT2D eigenvalue weighted by molar-refractivity contribution is 8.02. The lowest BCUT2D eigenvalue weighted by Gasteiger charge is -2.34. The summed E-state index contributed by atoms with van der Waals surface area (Å²) in [6, 6.07) is 41.2. The number of hydrogen-bond donors (Lipinski definition) is 0. The van der Waals surface area contributed by atoms with Gasteiger partial charge in [-0.25, -0.2) is 14.0 Å². The molecule has 4 aliphatic rings. The van der Waals surface area contributed by atoms with E-state index in [1.165, 1.54) is 16.7 Å². The van der Waals surface area contributed by atoms with Crippen molar-refractivity contribution in [3.05, 3.63) is 188 Å². The molecule has 0 saturated carbocycles. The maximum atomic E-state index is 16.0. The number of amides is 3. The molecule has 2 spiro atoms. The lowest BCUT2D eigenvalue weighted by atomic mass is 9.68. The fourth-order valence-electron chi connectivity index (χ4n) is 11.7. The first-order valence-electron chi connectivity index (χ1n) is 24.5. The highest BCUT2D eigenvalue weighted by Gasteiger charge is 2.63. The molecule has 72 heavy (non-hydrogen) atoms. The van der Waals surface area contributed by atoms with Crippen LogP contribution < -0.4 is 25.0 Å². The molecule has 0 bridgehead atoms. The molecule has 0 radical (unpaired) electrons. The van der Waals surface area contributed by atoms with Gasteiger partial charge in [0, 0.05) is 37.0 Å². The highest BCUT2D eigenvalue weighted by atomic mass is 32.2. The molecule has 5 aromatic carbocycles. The van der Waals surface area contributed by atoms with E-state index in [0.29, 0.717) is 71.6 Å². The quantitative estimate of drug-likeness (QED) is 0.117. The molecule has 7 heterocycles. The van der Waals surface area contributed by atoms with Gasteiger partial charge in [0.2, 0.25) is 28.4 Å². The second-order valence-electron chi connectivity index (χ2n) is 19.3. The van der Waals surface area contributed by atoms with Crippen LogP contribution in [0.15, 0.2) is 132 Å². The van der Waals surface area contributed by atoms with Gasteiger partial charge in [-0.1, -0.05) is 103 Å². The number of unbranched alkanes of at least 4 members (excludes halogenated alkanes) is 3. The number of fused-ring (bicyclic) bond motifs is 8. The number of anilines is 3. The summed E-state index contributed by atoms with van der Waals surface area (Å²) in [5.74, 6) is 0.444. The number of thioether (sulfide) groups is 1. The van der Waals surface area contributed by atoms with Gasteiger partial charge in [0.05, 0.1) is 56.7 Å². The second kappa shape index (κ2) is 16.9. The standard InChI is InChI=1S/C57H53N9O5S/c1-35-26-28-45-43(32-35)56(48-37(3)58-64(40-20-12-9-13-21-40)52(48)71-53-49(56)38(4)59-65(53)41-22-14-10-15-23-41)54(69)61(45)30-18-7-8-19-31-62-46-29-27-36(2)33-44(46)57(55(62)70)63(47(67)34-72-57)50-39(5)60(6)66(51(50)68)42-24-16-11-17-25-42/h9-17,20-29,32-33H,7-8,18-19,30-31,34H2,1-6H3. The summed E-state index contributed by atoms with van der Waals surface area (Å²) >= 11 is 1.29. The van der Waals surface area contributed by atoms with E-state index in [-0.39, 0.29) is 34.7 Å². The summed E-state index contributed by atoms with van der Waals surface area (Å²) in [6.45, 7) is 10.7. The predicted molar refractivity (Wildman–Crippen MR) is 279 cm³/mol. The van der Waals surface area contributed by atoms with E-state index < -0.39 is 10.3 Å². The largest absolute Gasteiger partial charge is 0.420 e. The molecule has 12 rings (SSSR count). The molecule has 15 heteroatoms. The van der Waals surface area contributed by atoms with E-state index in [4.69, 9.17) is 14.9 Å². The van der Waals surface area contributed by atoms with Crippen LogP contribution in [0.5, 0.6) is 11.8 Å². The molecule has 0 N–H and O–H groups in total. The predicted octanol–water partition coefficient (Wildman–Crippen LogP) is 9.42. The summed E-state index contributed by atoms with van der Waals surface area (Å²) in [4.78, 5) is 63.5. The van der Waals surface area contributed by atoms with Gasteiger partial charge in [-0.2, -0.15) is 10.2 Å². The van der Waals surface area contributed by atoms with Gasteiger partial charge in [0.15, 0.2) is 0 Å². The van der Waals surface area contributed by atoms with Crippen LogP contribution in [-0.4, -0.2) is 65.5 Å². The number of aryl methyl sites for hydroxylation is 4. The third kappa shape index (κ3) is 6.35. The Morgan fingerprint density at radius 3 is 1.61 bits per heavy atom. The summed E-state index contributed by atoms with van der Waals surface area (Å²) in [7, 11) is 1.80.